The van der Waals surface area contributed by atoms with Crippen molar-refractivity contribution in [2.75, 3.05) is 11.1 Å². The summed E-state index contributed by atoms with van der Waals surface area (Å²) in [5, 5.41) is 19.5. The molecule has 1 aromatic carbocycles. The molecule has 18 heavy (non-hydrogen) atoms. The molecule has 0 radical (unpaired) electrons. The smallest absolute Gasteiger partial charge is 0.304 e. The molecule has 4 N–H and O–H groups in total. The van der Waals surface area contributed by atoms with Gasteiger partial charge in [-0.3, -0.25) is 20.0 Å². The van der Waals surface area contributed by atoms with E-state index in [-0.39, 0.29) is 11.3 Å². The second-order valence-corrected chi connectivity index (χ2v) is 3.44. The van der Waals surface area contributed by atoms with Crippen LogP contribution in [0.25, 0.3) is 0 Å². The highest BCUT2D eigenvalue weighted by Crippen LogP contribution is 2.26. The zero-order valence-corrected chi connectivity index (χ0v) is 9.08. The summed E-state index contributed by atoms with van der Waals surface area (Å²) in [6, 6.07) is 4.18. The standard InChI is InChI=1S/C10H9N5O3/c11-8-3-1-2-7(9(8)15(17)18)10(16)14-6-4-12-13-5-6/h1-5H,11H2,(H,12,13)(H,14,16). The summed E-state index contributed by atoms with van der Waals surface area (Å²) < 4.78 is 0. The zero-order chi connectivity index (χ0) is 13.1. The van der Waals surface area contributed by atoms with E-state index >= 15 is 0 Å². The maximum Gasteiger partial charge on any atom is 0.304 e. The van der Waals surface area contributed by atoms with Crippen molar-refractivity contribution in [2.24, 2.45) is 0 Å². The predicted molar refractivity (Wildman–Crippen MR) is 64.0 cm³/mol. The van der Waals surface area contributed by atoms with E-state index in [2.05, 4.69) is 15.5 Å². The Balaban J connectivity index is 2.36. The second kappa shape index (κ2) is 4.53. The third kappa shape index (κ3) is 2.12. The summed E-state index contributed by atoms with van der Waals surface area (Å²) in [5.74, 6) is -0.615. The van der Waals surface area contributed by atoms with E-state index in [4.69, 9.17) is 5.73 Å². The summed E-state index contributed by atoms with van der Waals surface area (Å²) >= 11 is 0. The number of carbonyl (C=O) groups is 1. The van der Waals surface area contributed by atoms with Gasteiger partial charge >= 0.3 is 5.69 Å². The first-order valence-corrected chi connectivity index (χ1v) is 4.92. The van der Waals surface area contributed by atoms with Gasteiger partial charge in [0.15, 0.2) is 0 Å². The van der Waals surface area contributed by atoms with Crippen LogP contribution in [0.15, 0.2) is 30.6 Å². The first-order chi connectivity index (χ1) is 8.59. The van der Waals surface area contributed by atoms with Crippen LogP contribution in [0.5, 0.6) is 0 Å². The number of H-pyrrole nitrogens is 1. The number of hydrogen-bond donors (Lipinski definition) is 3. The van der Waals surface area contributed by atoms with Crippen molar-refractivity contribution in [3.05, 3.63) is 46.3 Å². The average molecular weight is 247 g/mol. The van der Waals surface area contributed by atoms with Gasteiger partial charge in [-0.2, -0.15) is 5.10 Å². The molecule has 0 bridgehead atoms. The molecule has 1 aromatic heterocycles. The van der Waals surface area contributed by atoms with Crippen LogP contribution < -0.4 is 11.1 Å². The van der Waals surface area contributed by atoms with E-state index in [0.717, 1.165) is 0 Å². The fraction of sp³-hybridized carbons (Fsp3) is 0. The van der Waals surface area contributed by atoms with Gasteiger partial charge in [-0.05, 0) is 12.1 Å². The molecule has 0 aliphatic rings. The first-order valence-electron chi connectivity index (χ1n) is 4.92. The molecule has 0 fully saturated rings. The number of nitrogens with zero attached hydrogens (tertiary/aromatic N) is 2. The van der Waals surface area contributed by atoms with Gasteiger partial charge in [-0.25, -0.2) is 0 Å². The summed E-state index contributed by atoms with van der Waals surface area (Å²) in [6.07, 6.45) is 2.84. The Bertz CT molecular complexity index is 594. The van der Waals surface area contributed by atoms with Crippen LogP contribution in [0, 0.1) is 10.1 Å². The van der Waals surface area contributed by atoms with Gasteiger partial charge in [0.2, 0.25) is 0 Å². The second-order valence-electron chi connectivity index (χ2n) is 3.44. The number of anilines is 2. The van der Waals surface area contributed by atoms with Gasteiger partial charge < -0.3 is 11.1 Å². The maximum absolute atomic E-state index is 11.9. The fourth-order valence-electron chi connectivity index (χ4n) is 1.47. The van der Waals surface area contributed by atoms with Gasteiger partial charge in [0, 0.05) is 6.20 Å². The maximum atomic E-state index is 11.9. The number of para-hydroxylation sites is 1. The van der Waals surface area contributed by atoms with Crippen LogP contribution in [0.4, 0.5) is 17.1 Å². The lowest BCUT2D eigenvalue weighted by Crippen LogP contribution is -2.14. The van der Waals surface area contributed by atoms with Crippen LogP contribution in [0.3, 0.4) is 0 Å². The quantitative estimate of drug-likeness (QED) is 0.426. The number of nitrogens with one attached hydrogen (secondary N) is 2. The summed E-state index contributed by atoms with van der Waals surface area (Å²) in [4.78, 5) is 22.1. The fourth-order valence-corrected chi connectivity index (χ4v) is 1.47. The Morgan fingerprint density at radius 2 is 2.28 bits per heavy atom. The lowest BCUT2D eigenvalue weighted by molar-refractivity contribution is -0.384. The van der Waals surface area contributed by atoms with Crippen molar-refractivity contribution in [3.8, 4) is 0 Å². The summed E-state index contributed by atoms with van der Waals surface area (Å²) in [5.41, 5.74) is 5.35. The first kappa shape index (κ1) is 11.6. The van der Waals surface area contributed by atoms with E-state index in [0.29, 0.717) is 5.69 Å². The van der Waals surface area contributed by atoms with E-state index < -0.39 is 16.5 Å². The number of aromatic nitrogens is 2. The van der Waals surface area contributed by atoms with Crippen molar-refractivity contribution >= 4 is 23.0 Å². The van der Waals surface area contributed by atoms with Crippen LogP contribution in [0.2, 0.25) is 0 Å². The van der Waals surface area contributed by atoms with Crippen molar-refractivity contribution in [1.82, 2.24) is 10.2 Å². The summed E-state index contributed by atoms with van der Waals surface area (Å²) in [7, 11) is 0. The van der Waals surface area contributed by atoms with Gasteiger partial charge in [-0.15, -0.1) is 0 Å². The minimum atomic E-state index is -0.681. The molecule has 0 aliphatic carbocycles. The van der Waals surface area contributed by atoms with Gasteiger partial charge in [0.1, 0.15) is 11.3 Å². The molecule has 92 valence electrons. The van der Waals surface area contributed by atoms with Crippen LogP contribution in [-0.2, 0) is 0 Å². The normalized spacial score (nSPS) is 10.0. The number of nitrogens with two attached hydrogens (primary N) is 1. The van der Waals surface area contributed by atoms with Gasteiger partial charge in [-0.1, -0.05) is 6.07 Å². The molecule has 0 saturated carbocycles. The molecule has 1 amide bonds. The Kier molecular flexibility index (Phi) is 2.92. The number of carbonyl (C=O) groups excluding carboxylic acids is 1. The molecule has 2 aromatic rings. The molecule has 0 aliphatic heterocycles. The summed E-state index contributed by atoms with van der Waals surface area (Å²) in [6.45, 7) is 0. The SMILES string of the molecule is Nc1cccc(C(=O)Nc2cn[nH]c2)c1[N+](=O)[O-]. The molecule has 0 atom stereocenters. The topological polar surface area (TPSA) is 127 Å². The Morgan fingerprint density at radius 1 is 1.50 bits per heavy atom. The van der Waals surface area contributed by atoms with Crippen LogP contribution in [0.1, 0.15) is 10.4 Å². The molecule has 0 spiro atoms. The lowest BCUT2D eigenvalue weighted by atomic mass is 10.1. The number of hydrogen-bond acceptors (Lipinski definition) is 5. The number of nitro groups is 1. The number of nitrogen functional groups attached to an aromatic ring is 1. The van der Waals surface area contributed by atoms with Crippen molar-refractivity contribution in [1.29, 1.82) is 0 Å². The third-order valence-corrected chi connectivity index (χ3v) is 2.25. The number of aromatic amines is 1. The zero-order valence-electron chi connectivity index (χ0n) is 9.08. The van der Waals surface area contributed by atoms with Crippen molar-refractivity contribution in [2.45, 2.75) is 0 Å². The van der Waals surface area contributed by atoms with Crippen LogP contribution in [-0.4, -0.2) is 21.0 Å². The minimum absolute atomic E-state index is 0.0557. The Morgan fingerprint density at radius 3 is 2.89 bits per heavy atom. The average Bonchev–Trinajstić information content (AvgIpc) is 2.80. The molecule has 1 heterocycles. The molecule has 2 rings (SSSR count). The predicted octanol–water partition coefficient (Wildman–Crippen LogP) is 1.15. The van der Waals surface area contributed by atoms with E-state index in [9.17, 15) is 14.9 Å². The van der Waals surface area contributed by atoms with Gasteiger partial charge in [0.25, 0.3) is 5.91 Å². The Labute approximate surface area is 101 Å². The number of amides is 1. The largest absolute Gasteiger partial charge is 0.393 e. The number of nitro benzene ring substituents is 1. The van der Waals surface area contributed by atoms with E-state index in [1.165, 1.54) is 30.6 Å². The highest BCUT2D eigenvalue weighted by atomic mass is 16.6. The molecule has 8 nitrogen and oxygen atoms in total. The monoisotopic (exact) mass is 247 g/mol. The highest BCUT2D eigenvalue weighted by Gasteiger charge is 2.23. The highest BCUT2D eigenvalue weighted by molar-refractivity contribution is 6.08. The third-order valence-electron chi connectivity index (χ3n) is 2.25. The Hall–Kier alpha value is -2.90. The molecule has 0 saturated heterocycles. The number of benzene rings is 1. The van der Waals surface area contributed by atoms with E-state index in [1.54, 1.807) is 0 Å². The van der Waals surface area contributed by atoms with Gasteiger partial charge in [0.05, 0.1) is 16.8 Å². The number of rotatable bonds is 3. The van der Waals surface area contributed by atoms with Crippen molar-refractivity contribution in [3.63, 3.8) is 0 Å². The lowest BCUT2D eigenvalue weighted by Gasteiger charge is -2.04. The molecule has 8 heteroatoms. The molecule has 0 unspecified atom stereocenters. The molecular weight excluding hydrogens is 238 g/mol. The molecular formula is C10H9N5O3. The van der Waals surface area contributed by atoms with Crippen LogP contribution >= 0.6 is 0 Å². The minimum Gasteiger partial charge on any atom is -0.393 e. The van der Waals surface area contributed by atoms with E-state index in [1.807, 2.05) is 0 Å². The van der Waals surface area contributed by atoms with Crippen molar-refractivity contribution < 1.29 is 9.72 Å².